The van der Waals surface area contributed by atoms with Crippen LogP contribution in [0.2, 0.25) is 5.02 Å². The molecule has 16 heavy (non-hydrogen) atoms. The molecule has 0 saturated carbocycles. The summed E-state index contributed by atoms with van der Waals surface area (Å²) in [5.41, 5.74) is 0. The van der Waals surface area contributed by atoms with E-state index in [0.717, 1.165) is 0 Å². The van der Waals surface area contributed by atoms with Gasteiger partial charge in [0, 0.05) is 6.42 Å². The fraction of sp³-hybridized carbons (Fsp3) is 0.417. The second-order valence-corrected chi connectivity index (χ2v) is 3.81. The smallest absolute Gasteiger partial charge is 0.152 e. The molecule has 0 aliphatic rings. The summed E-state index contributed by atoms with van der Waals surface area (Å²) in [5, 5.41) is 3.48. The van der Waals surface area contributed by atoms with Gasteiger partial charge >= 0.3 is 0 Å². The molecule has 3 nitrogen and oxygen atoms in total. The number of hydrogen-bond acceptors (Lipinski definition) is 3. The zero-order valence-corrected chi connectivity index (χ0v) is 10.3. The highest BCUT2D eigenvalue weighted by Gasteiger charge is 2.15. The Morgan fingerprint density at radius 1 is 1.50 bits per heavy atom. The molecule has 4 heteroatoms. The Labute approximate surface area is 101 Å². The number of para-hydroxylation sites is 1. The Morgan fingerprint density at radius 2 is 2.19 bits per heavy atom. The molecule has 1 N–H and O–H groups in total. The minimum Gasteiger partial charge on any atom is -0.490 e. The van der Waals surface area contributed by atoms with Crippen LogP contribution in [0, 0.1) is 0 Å². The molecule has 0 aromatic heterocycles. The van der Waals surface area contributed by atoms with Gasteiger partial charge < -0.3 is 10.1 Å². The predicted octanol–water partition coefficient (Wildman–Crippen LogP) is 2.29. The normalized spacial score (nSPS) is 12.2. The summed E-state index contributed by atoms with van der Waals surface area (Å²) in [7, 11) is 1.74. The lowest BCUT2D eigenvalue weighted by atomic mass is 10.1. The first-order valence-electron chi connectivity index (χ1n) is 5.26. The molecule has 1 aromatic rings. The Kier molecular flexibility index (Phi) is 5.29. The van der Waals surface area contributed by atoms with Crippen molar-refractivity contribution in [1.82, 2.24) is 5.32 Å². The quantitative estimate of drug-likeness (QED) is 0.831. The monoisotopic (exact) mass is 241 g/mol. The first-order chi connectivity index (χ1) is 7.69. The van der Waals surface area contributed by atoms with Gasteiger partial charge in [-0.2, -0.15) is 0 Å². The van der Waals surface area contributed by atoms with Gasteiger partial charge in [-0.05, 0) is 19.2 Å². The fourth-order valence-electron chi connectivity index (χ4n) is 1.32. The number of likely N-dealkylation sites (N-methyl/N-ethyl adjacent to an activating group) is 1. The van der Waals surface area contributed by atoms with Gasteiger partial charge in [-0.3, -0.25) is 4.79 Å². The van der Waals surface area contributed by atoms with Crippen molar-refractivity contribution in [2.24, 2.45) is 0 Å². The molecule has 0 aliphatic carbocycles. The van der Waals surface area contributed by atoms with E-state index < -0.39 is 0 Å². The molecule has 0 heterocycles. The van der Waals surface area contributed by atoms with Crippen LogP contribution in [0.15, 0.2) is 24.3 Å². The number of rotatable bonds is 6. The molecule has 0 fully saturated rings. The number of Topliss-reactive ketones (excluding diaryl/α,β-unsaturated/α-hetero) is 1. The zero-order valence-electron chi connectivity index (χ0n) is 9.50. The van der Waals surface area contributed by atoms with Gasteiger partial charge in [0.25, 0.3) is 0 Å². The third kappa shape index (κ3) is 3.51. The van der Waals surface area contributed by atoms with E-state index in [-0.39, 0.29) is 11.8 Å². The second-order valence-electron chi connectivity index (χ2n) is 3.40. The summed E-state index contributed by atoms with van der Waals surface area (Å²) in [6.07, 6.45) is 0.497. The van der Waals surface area contributed by atoms with E-state index in [1.165, 1.54) is 0 Å². The van der Waals surface area contributed by atoms with Gasteiger partial charge in [0.05, 0.1) is 5.02 Å². The van der Waals surface area contributed by atoms with Crippen LogP contribution in [-0.2, 0) is 4.79 Å². The van der Waals surface area contributed by atoms with Crippen LogP contribution < -0.4 is 10.1 Å². The molecule has 0 unspecified atom stereocenters. The SMILES string of the molecule is CCC(=O)[C@H](COc1ccccc1Cl)NC. The molecule has 0 radical (unpaired) electrons. The molecule has 1 rings (SSSR count). The van der Waals surface area contributed by atoms with Gasteiger partial charge in [-0.1, -0.05) is 30.7 Å². The van der Waals surface area contributed by atoms with Crippen molar-refractivity contribution in [3.8, 4) is 5.75 Å². The van der Waals surface area contributed by atoms with Crippen LogP contribution in [-0.4, -0.2) is 25.5 Å². The maximum atomic E-state index is 11.5. The third-order valence-corrected chi connectivity index (χ3v) is 2.64. The number of hydrogen-bond donors (Lipinski definition) is 1. The highest BCUT2D eigenvalue weighted by atomic mass is 35.5. The van der Waals surface area contributed by atoms with Crippen molar-refractivity contribution >= 4 is 17.4 Å². The van der Waals surface area contributed by atoms with E-state index in [9.17, 15) is 4.79 Å². The summed E-state index contributed by atoms with van der Waals surface area (Å²) in [6.45, 7) is 2.13. The maximum absolute atomic E-state index is 11.5. The Hall–Kier alpha value is -1.06. The lowest BCUT2D eigenvalue weighted by Gasteiger charge is -2.15. The van der Waals surface area contributed by atoms with Crippen LogP contribution in [0.5, 0.6) is 5.75 Å². The van der Waals surface area contributed by atoms with Crippen molar-refractivity contribution in [3.63, 3.8) is 0 Å². The van der Waals surface area contributed by atoms with Crippen LogP contribution in [0.25, 0.3) is 0 Å². The number of carbonyl (C=O) groups is 1. The molecule has 1 atom stereocenters. The van der Waals surface area contributed by atoms with E-state index in [1.807, 2.05) is 19.1 Å². The highest BCUT2D eigenvalue weighted by molar-refractivity contribution is 6.32. The maximum Gasteiger partial charge on any atom is 0.152 e. The minimum atomic E-state index is -0.277. The number of carbonyl (C=O) groups excluding carboxylic acids is 1. The lowest BCUT2D eigenvalue weighted by Crippen LogP contribution is -2.39. The lowest BCUT2D eigenvalue weighted by molar-refractivity contribution is -0.121. The Bertz CT molecular complexity index is 355. The number of benzene rings is 1. The number of ether oxygens (including phenoxy) is 1. The first-order valence-corrected chi connectivity index (χ1v) is 5.64. The number of halogens is 1. The predicted molar refractivity (Wildman–Crippen MR) is 65.1 cm³/mol. The number of ketones is 1. The molecule has 0 amide bonds. The molecular weight excluding hydrogens is 226 g/mol. The summed E-state index contributed by atoms with van der Waals surface area (Å²) in [6, 6.07) is 6.94. The van der Waals surface area contributed by atoms with E-state index in [2.05, 4.69) is 5.32 Å². The van der Waals surface area contributed by atoms with Gasteiger partial charge in [0.15, 0.2) is 5.78 Å². The summed E-state index contributed by atoms with van der Waals surface area (Å²) < 4.78 is 5.50. The van der Waals surface area contributed by atoms with Crippen LogP contribution >= 0.6 is 11.6 Å². The summed E-state index contributed by atoms with van der Waals surface area (Å²) in [4.78, 5) is 11.5. The summed E-state index contributed by atoms with van der Waals surface area (Å²) >= 11 is 5.93. The second kappa shape index (κ2) is 6.51. The summed E-state index contributed by atoms with van der Waals surface area (Å²) in [5.74, 6) is 0.739. The van der Waals surface area contributed by atoms with Crippen molar-refractivity contribution in [2.75, 3.05) is 13.7 Å². The molecule has 0 saturated heterocycles. The Morgan fingerprint density at radius 3 is 2.75 bits per heavy atom. The van der Waals surface area contributed by atoms with E-state index >= 15 is 0 Å². The average Bonchev–Trinajstić information content (AvgIpc) is 2.31. The van der Waals surface area contributed by atoms with Crippen molar-refractivity contribution in [3.05, 3.63) is 29.3 Å². The zero-order chi connectivity index (χ0) is 12.0. The van der Waals surface area contributed by atoms with Gasteiger partial charge in [-0.25, -0.2) is 0 Å². The fourth-order valence-corrected chi connectivity index (χ4v) is 1.51. The van der Waals surface area contributed by atoms with Crippen LogP contribution in [0.3, 0.4) is 0 Å². The molecule has 88 valence electrons. The van der Waals surface area contributed by atoms with Gasteiger partial charge in [0.1, 0.15) is 18.4 Å². The van der Waals surface area contributed by atoms with Crippen molar-refractivity contribution in [1.29, 1.82) is 0 Å². The van der Waals surface area contributed by atoms with Crippen molar-refractivity contribution < 1.29 is 9.53 Å². The molecule has 0 spiro atoms. The largest absolute Gasteiger partial charge is 0.490 e. The highest BCUT2D eigenvalue weighted by Crippen LogP contribution is 2.23. The van der Waals surface area contributed by atoms with Gasteiger partial charge in [0.2, 0.25) is 0 Å². The average molecular weight is 242 g/mol. The minimum absolute atomic E-state index is 0.134. The topological polar surface area (TPSA) is 38.3 Å². The first kappa shape index (κ1) is 13.0. The third-order valence-electron chi connectivity index (χ3n) is 2.33. The molecule has 1 aromatic carbocycles. The molecular formula is C12H16ClNO2. The van der Waals surface area contributed by atoms with Crippen LogP contribution in [0.4, 0.5) is 0 Å². The molecule has 0 bridgehead atoms. The molecule has 0 aliphatic heterocycles. The number of nitrogens with one attached hydrogen (secondary N) is 1. The Balaban J connectivity index is 2.56. The van der Waals surface area contributed by atoms with Crippen molar-refractivity contribution in [2.45, 2.75) is 19.4 Å². The van der Waals surface area contributed by atoms with E-state index in [1.54, 1.807) is 19.2 Å². The van der Waals surface area contributed by atoms with E-state index in [0.29, 0.717) is 23.8 Å². The van der Waals surface area contributed by atoms with Gasteiger partial charge in [-0.15, -0.1) is 0 Å². The van der Waals surface area contributed by atoms with E-state index in [4.69, 9.17) is 16.3 Å². The standard InChI is InChI=1S/C12H16ClNO2/c1-3-11(15)10(14-2)8-16-12-7-5-4-6-9(12)13/h4-7,10,14H,3,8H2,1-2H3/t10-/m0/s1. The van der Waals surface area contributed by atoms with Crippen LogP contribution in [0.1, 0.15) is 13.3 Å².